The van der Waals surface area contributed by atoms with Gasteiger partial charge < -0.3 is 43.3 Å². The van der Waals surface area contributed by atoms with Crippen LogP contribution in [0.15, 0.2) is 103 Å². The normalized spacial score (nSPS) is 21.9. The molecule has 16 nitrogen and oxygen atoms in total. The molecule has 13 rings (SSSR count). The van der Waals surface area contributed by atoms with Crippen molar-refractivity contribution in [3.8, 4) is 52.0 Å². The average molecular weight is 1020 g/mol. The Hall–Kier alpha value is -7.90. The molecule has 5 fully saturated rings. The molecule has 7 atom stereocenters. The van der Waals surface area contributed by atoms with E-state index < -0.39 is 0 Å². The van der Waals surface area contributed by atoms with Gasteiger partial charge >= 0.3 is 6.07 Å². The summed E-state index contributed by atoms with van der Waals surface area (Å²) < 4.78 is 20.8. The smallest absolute Gasteiger partial charge is 0.375 e. The van der Waals surface area contributed by atoms with Crippen molar-refractivity contribution in [2.24, 2.45) is 30.5 Å². The summed E-state index contributed by atoms with van der Waals surface area (Å²) >= 11 is 0. The maximum Gasteiger partial charge on any atom is 0.375 e. The third kappa shape index (κ3) is 8.00. The number of fused-ring (bicyclic) bond motifs is 6. The van der Waals surface area contributed by atoms with Crippen LogP contribution in [0, 0.1) is 23.8 Å². The van der Waals surface area contributed by atoms with Crippen molar-refractivity contribution in [2.75, 3.05) is 27.3 Å². The Labute approximate surface area is 442 Å². The number of nitrogens with zero attached hydrogens (tertiary/aromatic N) is 10. The molecule has 4 aromatic carbocycles. The molecule has 388 valence electrons. The summed E-state index contributed by atoms with van der Waals surface area (Å²) in [7, 11) is 5.29. The van der Waals surface area contributed by atoms with Gasteiger partial charge in [-0.3, -0.25) is 9.59 Å². The number of nitrogens with two attached hydrogens (primary N) is 1. The molecule has 3 saturated carbocycles. The number of methoxy groups -OCH3 is 2. The third-order valence-electron chi connectivity index (χ3n) is 17.4. The number of carbonyl (C=O) groups is 2. The van der Waals surface area contributed by atoms with Crippen molar-refractivity contribution >= 4 is 33.9 Å². The first-order chi connectivity index (χ1) is 37.1. The molecule has 4 aromatic heterocycles. The number of ether oxygens (including phenoxy) is 2. The fourth-order valence-electron chi connectivity index (χ4n) is 13.3. The number of hydrogen-bond acceptors (Lipinski definition) is 9. The SMILES string of the molecule is CCn1c(-c2cnc(-c3ccccc3)n2CC2CC2)nc2cc(C(=O)N3C[C@H]4CC[C@@H]3[C@@H]4N[N+]#Cc3ccc(-c4nc5cc(C(=O)N6C[C@H]7CC[C@@H]6[C@@H]7N)cc(OC)c5n4C)n3C[C@H](C)c3ccccc3)cc(OC)c21. The number of imidazole rings is 3. The van der Waals surface area contributed by atoms with Crippen LogP contribution in [0.1, 0.15) is 90.3 Å². The van der Waals surface area contributed by atoms with Crippen LogP contribution in [0.5, 0.6) is 11.5 Å². The lowest BCUT2D eigenvalue weighted by Gasteiger charge is -2.27. The molecule has 0 spiro atoms. The van der Waals surface area contributed by atoms with Gasteiger partial charge in [0.1, 0.15) is 40.1 Å². The fraction of sp³-hybridized carbons (Fsp3) is 0.400. The van der Waals surface area contributed by atoms with Crippen LogP contribution in [-0.2, 0) is 26.7 Å². The topological polar surface area (TPSA) is 160 Å². The van der Waals surface area contributed by atoms with E-state index in [9.17, 15) is 9.59 Å². The van der Waals surface area contributed by atoms with E-state index in [0.29, 0.717) is 66.2 Å². The van der Waals surface area contributed by atoms with E-state index in [4.69, 9.17) is 35.1 Å². The molecule has 2 aliphatic heterocycles. The monoisotopic (exact) mass is 1020 g/mol. The number of piperidine rings is 2. The van der Waals surface area contributed by atoms with Crippen LogP contribution < -0.4 is 20.6 Å². The lowest BCUT2D eigenvalue weighted by molar-refractivity contribution is 0.0692. The lowest BCUT2D eigenvalue weighted by atomic mass is 10.0. The Morgan fingerprint density at radius 1 is 0.737 bits per heavy atom. The Morgan fingerprint density at radius 3 is 2.05 bits per heavy atom. The van der Waals surface area contributed by atoms with E-state index >= 15 is 0 Å². The second-order valence-electron chi connectivity index (χ2n) is 21.9. The number of aryl methyl sites for hydroxylation is 2. The number of amides is 2. The second-order valence-corrected chi connectivity index (χ2v) is 21.9. The molecule has 2 saturated heterocycles. The van der Waals surface area contributed by atoms with E-state index in [0.717, 1.165) is 88.9 Å². The summed E-state index contributed by atoms with van der Waals surface area (Å²) in [5.41, 5.74) is 19.1. The van der Waals surface area contributed by atoms with E-state index in [1.54, 1.807) is 14.2 Å². The van der Waals surface area contributed by atoms with E-state index in [2.05, 4.69) is 93.6 Å². The summed E-state index contributed by atoms with van der Waals surface area (Å²) in [5.74, 6) is 4.95. The first kappa shape index (κ1) is 47.8. The van der Waals surface area contributed by atoms with Crippen LogP contribution in [0.3, 0.4) is 0 Å². The molecule has 5 aliphatic rings. The number of carbonyl (C=O) groups excluding carboxylic acids is 2. The minimum atomic E-state index is -0.0498. The van der Waals surface area contributed by atoms with Crippen LogP contribution in [0.2, 0.25) is 0 Å². The lowest BCUT2D eigenvalue weighted by Crippen LogP contribution is -2.42. The molecule has 4 bridgehead atoms. The Balaban J connectivity index is 0.784. The largest absolute Gasteiger partial charge is 0.494 e. The molecule has 3 aliphatic carbocycles. The van der Waals surface area contributed by atoms with Crippen LogP contribution >= 0.6 is 0 Å². The number of likely N-dealkylation sites (tertiary alicyclic amines) is 2. The zero-order valence-electron chi connectivity index (χ0n) is 43.9. The number of benzene rings is 4. The van der Waals surface area contributed by atoms with Crippen molar-refractivity contribution < 1.29 is 19.1 Å². The molecule has 0 radical (unpaired) electrons. The minimum Gasteiger partial charge on any atom is -0.494 e. The highest BCUT2D eigenvalue weighted by Crippen LogP contribution is 2.43. The summed E-state index contributed by atoms with van der Waals surface area (Å²) in [6, 6.07) is 35.9. The summed E-state index contributed by atoms with van der Waals surface area (Å²) in [5, 5.41) is 0. The first-order valence-corrected chi connectivity index (χ1v) is 27.2. The van der Waals surface area contributed by atoms with Crippen molar-refractivity contribution in [3.05, 3.63) is 131 Å². The molecule has 0 unspecified atom stereocenters. The van der Waals surface area contributed by atoms with Gasteiger partial charge in [-0.15, -0.1) is 0 Å². The zero-order chi connectivity index (χ0) is 51.9. The van der Waals surface area contributed by atoms with Crippen molar-refractivity contribution in [3.63, 3.8) is 0 Å². The Bertz CT molecular complexity index is 3620. The molecular formula is C60H65N12O4+. The molecule has 3 N–H and O–H groups in total. The quantitative estimate of drug-likeness (QED) is 0.101. The predicted molar refractivity (Wildman–Crippen MR) is 293 cm³/mol. The predicted octanol–water partition coefficient (Wildman–Crippen LogP) is 9.22. The fourth-order valence-corrected chi connectivity index (χ4v) is 13.3. The highest BCUT2D eigenvalue weighted by Gasteiger charge is 2.51. The molecule has 6 heterocycles. The average Bonchev–Trinajstić information content (AvgIpc) is 4.19. The summed E-state index contributed by atoms with van der Waals surface area (Å²) in [4.78, 5) is 53.0. The molecular weight excluding hydrogens is 953 g/mol. The maximum atomic E-state index is 14.8. The first-order valence-electron chi connectivity index (χ1n) is 27.2. The summed E-state index contributed by atoms with van der Waals surface area (Å²) in [6.07, 6.45) is 8.25. The van der Waals surface area contributed by atoms with E-state index in [1.807, 2.05) is 70.1 Å². The highest BCUT2D eigenvalue weighted by molar-refractivity contribution is 6.01. The van der Waals surface area contributed by atoms with Gasteiger partial charge in [0.15, 0.2) is 17.3 Å². The van der Waals surface area contributed by atoms with Gasteiger partial charge in [0, 0.05) is 74.5 Å². The molecule has 8 aromatic rings. The van der Waals surface area contributed by atoms with Gasteiger partial charge in [-0.1, -0.05) is 73.0 Å². The van der Waals surface area contributed by atoms with Gasteiger partial charge in [-0.25, -0.2) is 15.0 Å². The third-order valence-corrected chi connectivity index (χ3v) is 17.4. The van der Waals surface area contributed by atoms with Crippen LogP contribution in [-0.4, -0.2) is 106 Å². The van der Waals surface area contributed by atoms with Gasteiger partial charge in [0.05, 0.1) is 48.1 Å². The number of rotatable bonds is 14. The maximum absolute atomic E-state index is 14.8. The Kier molecular flexibility index (Phi) is 12.0. The van der Waals surface area contributed by atoms with Gasteiger partial charge in [0.25, 0.3) is 11.8 Å². The minimum absolute atomic E-state index is 0.0256. The molecule has 76 heavy (non-hydrogen) atoms. The highest BCUT2D eigenvalue weighted by atomic mass is 16.5. The van der Waals surface area contributed by atoms with Crippen LogP contribution in [0.4, 0.5) is 0 Å². The summed E-state index contributed by atoms with van der Waals surface area (Å²) in [6.45, 7) is 7.83. The van der Waals surface area contributed by atoms with Crippen molar-refractivity contribution in [1.29, 1.82) is 0 Å². The standard InChI is InChI=1S/C60H65N12O4/c1-6-68-55-45(65-58(68)49-30-62-56(38-15-11-8-12-16-38)70(49)32-36-17-18-36)26-42(28-51(55)76-5)60(74)72-34-40-20-23-47(72)53(40)66-63-29-43-21-24-48(69(43)31-35(2)37-13-9-7-10-14-37)57-64-44-25-41(27-50(75-4)54(44)67(57)3)59(73)71-33-39-19-22-46(71)52(39)61/h7-16,21,24-28,30,35-36,39-40,46-47,52-53,66H,6,17-20,22-23,31-34,61H2,1-5H3/q+1/t35-,39+,40+,46+,47+,52+,53+/m0/s1. The van der Waals surface area contributed by atoms with Gasteiger partial charge in [-0.2, -0.15) is 0 Å². The zero-order valence-corrected chi connectivity index (χ0v) is 43.9. The number of aromatic nitrogens is 7. The number of nitrogens with one attached hydrogen (secondary N) is 1. The molecule has 16 heteroatoms. The number of hydrogen-bond donors (Lipinski definition) is 2. The van der Waals surface area contributed by atoms with Crippen molar-refractivity contribution in [1.82, 2.24) is 48.4 Å². The van der Waals surface area contributed by atoms with Gasteiger partial charge in [-0.05, 0) is 105 Å². The van der Waals surface area contributed by atoms with E-state index in [-0.39, 0.29) is 47.8 Å². The Morgan fingerprint density at radius 2 is 1.38 bits per heavy atom. The second kappa shape index (κ2) is 19.0. The van der Waals surface area contributed by atoms with Crippen molar-refractivity contribution in [2.45, 2.75) is 102 Å². The van der Waals surface area contributed by atoms with E-state index in [1.165, 1.54) is 18.4 Å². The molecule has 2 amide bonds. The van der Waals surface area contributed by atoms with Crippen LogP contribution in [0.25, 0.3) is 61.4 Å². The van der Waals surface area contributed by atoms with Gasteiger partial charge in [0.2, 0.25) is 0 Å².